The highest BCUT2D eigenvalue weighted by atomic mass is 16.6. The van der Waals surface area contributed by atoms with Crippen LogP contribution in [0.15, 0.2) is 24.3 Å². The SMILES string of the molecule is C=C(C)C(=O)OCC(O)COC(C)COC1CCC(C(C)(C)C2CCC(OCC(C)OCC(O)COC(=O)C(=C)C)CC2)CC1. The van der Waals surface area contributed by atoms with E-state index in [1.165, 1.54) is 0 Å². The number of aliphatic hydroxyl groups is 2. The Hall–Kier alpha value is -1.82. The zero-order valence-electron chi connectivity index (χ0n) is 28.6. The average molecular weight is 641 g/mol. The monoisotopic (exact) mass is 640 g/mol. The second kappa shape index (κ2) is 19.8. The first kappa shape index (κ1) is 39.4. The fraction of sp³-hybridized carbons (Fsp3) is 0.829. The van der Waals surface area contributed by atoms with Gasteiger partial charge in [0, 0.05) is 11.1 Å². The first-order valence-electron chi connectivity index (χ1n) is 16.7. The van der Waals surface area contributed by atoms with E-state index in [4.69, 9.17) is 28.4 Å². The predicted molar refractivity (Wildman–Crippen MR) is 172 cm³/mol. The molecule has 0 heterocycles. The van der Waals surface area contributed by atoms with Gasteiger partial charge in [0.2, 0.25) is 0 Å². The van der Waals surface area contributed by atoms with Crippen molar-refractivity contribution in [1.82, 2.24) is 0 Å². The Morgan fingerprint density at radius 1 is 0.644 bits per heavy atom. The molecule has 2 aliphatic carbocycles. The molecule has 0 bridgehead atoms. The van der Waals surface area contributed by atoms with Gasteiger partial charge in [0.15, 0.2) is 0 Å². The van der Waals surface area contributed by atoms with Crippen LogP contribution in [0.5, 0.6) is 0 Å². The van der Waals surface area contributed by atoms with E-state index in [-0.39, 0.29) is 56.3 Å². The van der Waals surface area contributed by atoms with E-state index in [0.717, 1.165) is 51.4 Å². The number of carbonyl (C=O) groups is 2. The number of hydrogen-bond donors (Lipinski definition) is 2. The van der Waals surface area contributed by atoms with E-state index in [0.29, 0.717) is 36.2 Å². The molecule has 4 unspecified atom stereocenters. The molecule has 0 spiro atoms. The van der Waals surface area contributed by atoms with Crippen molar-refractivity contribution in [3.05, 3.63) is 24.3 Å². The Balaban J connectivity index is 1.60. The summed E-state index contributed by atoms with van der Waals surface area (Å²) in [5.41, 5.74) is 0.856. The van der Waals surface area contributed by atoms with Gasteiger partial charge in [-0.25, -0.2) is 9.59 Å². The van der Waals surface area contributed by atoms with Crippen molar-refractivity contribution in [3.8, 4) is 0 Å². The van der Waals surface area contributed by atoms with E-state index in [1.54, 1.807) is 13.8 Å². The summed E-state index contributed by atoms with van der Waals surface area (Å²) in [7, 11) is 0. The minimum absolute atomic E-state index is 0.0789. The molecule has 0 radical (unpaired) electrons. The van der Waals surface area contributed by atoms with Crippen LogP contribution in [0.4, 0.5) is 0 Å². The number of aliphatic hydroxyl groups excluding tert-OH is 2. The van der Waals surface area contributed by atoms with Crippen LogP contribution < -0.4 is 0 Å². The molecule has 45 heavy (non-hydrogen) atoms. The molecule has 2 rings (SSSR count). The molecule has 2 aliphatic rings. The molecule has 10 nitrogen and oxygen atoms in total. The zero-order valence-corrected chi connectivity index (χ0v) is 28.6. The largest absolute Gasteiger partial charge is 0.460 e. The summed E-state index contributed by atoms with van der Waals surface area (Å²) in [6, 6.07) is 0. The topological polar surface area (TPSA) is 130 Å². The molecule has 4 atom stereocenters. The van der Waals surface area contributed by atoms with Gasteiger partial charge in [0.25, 0.3) is 0 Å². The number of esters is 2. The number of ether oxygens (including phenoxy) is 6. The highest BCUT2D eigenvalue weighted by molar-refractivity contribution is 5.87. The van der Waals surface area contributed by atoms with Gasteiger partial charge in [0.05, 0.1) is 50.8 Å². The van der Waals surface area contributed by atoms with Crippen molar-refractivity contribution in [3.63, 3.8) is 0 Å². The number of rotatable bonds is 20. The quantitative estimate of drug-likeness (QED) is 0.140. The predicted octanol–water partition coefficient (Wildman–Crippen LogP) is 4.93. The summed E-state index contributed by atoms with van der Waals surface area (Å²) in [4.78, 5) is 22.9. The summed E-state index contributed by atoms with van der Waals surface area (Å²) < 4.78 is 33.6. The molecule has 0 saturated heterocycles. The minimum Gasteiger partial charge on any atom is -0.460 e. The third-order valence-electron chi connectivity index (χ3n) is 9.24. The van der Waals surface area contributed by atoms with E-state index >= 15 is 0 Å². The maximum absolute atomic E-state index is 11.4. The summed E-state index contributed by atoms with van der Waals surface area (Å²) >= 11 is 0. The van der Waals surface area contributed by atoms with Crippen LogP contribution in [-0.4, -0.2) is 98.4 Å². The van der Waals surface area contributed by atoms with E-state index in [1.807, 2.05) is 13.8 Å². The fourth-order valence-corrected chi connectivity index (χ4v) is 6.16. The number of hydrogen-bond acceptors (Lipinski definition) is 10. The van der Waals surface area contributed by atoms with E-state index in [2.05, 4.69) is 27.0 Å². The summed E-state index contributed by atoms with van der Waals surface area (Å²) in [5.74, 6) is 0.297. The molecule has 0 aliphatic heterocycles. The lowest BCUT2D eigenvalue weighted by Crippen LogP contribution is -2.39. The zero-order chi connectivity index (χ0) is 33.6. The molecule has 10 heteroatoms. The molecule has 260 valence electrons. The molecule has 0 amide bonds. The second-order valence-corrected chi connectivity index (χ2v) is 13.8. The van der Waals surface area contributed by atoms with Crippen LogP contribution in [-0.2, 0) is 38.0 Å². The Morgan fingerprint density at radius 2 is 0.978 bits per heavy atom. The molecule has 0 aromatic carbocycles. The maximum atomic E-state index is 11.4. The van der Waals surface area contributed by atoms with Gasteiger partial charge in [-0.15, -0.1) is 0 Å². The van der Waals surface area contributed by atoms with Gasteiger partial charge in [-0.2, -0.15) is 0 Å². The van der Waals surface area contributed by atoms with Crippen molar-refractivity contribution >= 4 is 11.9 Å². The van der Waals surface area contributed by atoms with Crippen LogP contribution >= 0.6 is 0 Å². The third kappa shape index (κ3) is 14.6. The lowest BCUT2D eigenvalue weighted by molar-refractivity contribution is -0.144. The van der Waals surface area contributed by atoms with Crippen LogP contribution in [0.1, 0.15) is 92.9 Å². The first-order valence-corrected chi connectivity index (χ1v) is 16.7. The maximum Gasteiger partial charge on any atom is 0.333 e. The number of carbonyl (C=O) groups excluding carboxylic acids is 2. The molecule has 0 aromatic heterocycles. The van der Waals surface area contributed by atoms with Gasteiger partial charge in [0.1, 0.15) is 25.4 Å². The highest BCUT2D eigenvalue weighted by Crippen LogP contribution is 2.48. The molecule has 0 aromatic rings. The lowest BCUT2D eigenvalue weighted by atomic mass is 9.60. The Labute approximate surface area is 270 Å². The Morgan fingerprint density at radius 3 is 1.29 bits per heavy atom. The van der Waals surface area contributed by atoms with Crippen molar-refractivity contribution in [1.29, 1.82) is 0 Å². The summed E-state index contributed by atoms with van der Waals surface area (Å²) in [6.07, 6.45) is 7.16. The smallest absolute Gasteiger partial charge is 0.333 e. The third-order valence-corrected chi connectivity index (χ3v) is 9.24. The normalized spacial score (nSPS) is 25.1. The van der Waals surface area contributed by atoms with Crippen molar-refractivity contribution in [2.45, 2.75) is 130 Å². The average Bonchev–Trinajstić information content (AvgIpc) is 3.02. The molecule has 2 fully saturated rings. The molecule has 2 saturated carbocycles. The van der Waals surface area contributed by atoms with Crippen LogP contribution in [0.3, 0.4) is 0 Å². The Kier molecular flexibility index (Phi) is 17.3. The second-order valence-electron chi connectivity index (χ2n) is 13.8. The molecular formula is C35H60O10. The highest BCUT2D eigenvalue weighted by Gasteiger charge is 2.40. The van der Waals surface area contributed by atoms with Crippen molar-refractivity contribution in [2.75, 3.05) is 39.6 Å². The first-order chi connectivity index (χ1) is 21.2. The van der Waals surface area contributed by atoms with Crippen LogP contribution in [0.25, 0.3) is 0 Å². The summed E-state index contributed by atoms with van der Waals surface area (Å²) in [5, 5.41) is 20.0. The van der Waals surface area contributed by atoms with Crippen LogP contribution in [0, 0.1) is 17.3 Å². The van der Waals surface area contributed by atoms with Crippen LogP contribution in [0.2, 0.25) is 0 Å². The van der Waals surface area contributed by atoms with Gasteiger partial charge >= 0.3 is 11.9 Å². The summed E-state index contributed by atoms with van der Waals surface area (Å²) in [6.45, 7) is 19.8. The van der Waals surface area contributed by atoms with Gasteiger partial charge in [-0.3, -0.25) is 0 Å². The van der Waals surface area contributed by atoms with Gasteiger partial charge < -0.3 is 38.6 Å². The standard InChI is InChI=1S/C35H60O10/c1-23(2)33(38)44-21-29(36)19-40-25(5)17-42-31-13-9-27(10-14-31)35(7,8)28-11-15-32(16-12-28)43-18-26(6)41-20-30(37)22-45-34(39)24(3)4/h25-32,36-37H,1,3,9-22H2,2,4-8H3. The van der Waals surface area contributed by atoms with Crippen molar-refractivity contribution in [2.24, 2.45) is 17.3 Å². The van der Waals surface area contributed by atoms with Gasteiger partial charge in [-0.1, -0.05) is 27.0 Å². The molecular weight excluding hydrogens is 580 g/mol. The molecule has 2 N–H and O–H groups in total. The Bertz CT molecular complexity index is 845. The van der Waals surface area contributed by atoms with E-state index < -0.39 is 24.1 Å². The van der Waals surface area contributed by atoms with Gasteiger partial charge in [-0.05, 0) is 96.3 Å². The lowest BCUT2D eigenvalue weighted by Gasteiger charge is -2.46. The fourth-order valence-electron chi connectivity index (χ4n) is 6.16. The van der Waals surface area contributed by atoms with Crippen molar-refractivity contribution < 1.29 is 48.2 Å². The van der Waals surface area contributed by atoms with E-state index in [9.17, 15) is 19.8 Å². The minimum atomic E-state index is -0.884.